The van der Waals surface area contributed by atoms with Crippen LogP contribution >= 0.6 is 11.3 Å². The van der Waals surface area contributed by atoms with Gasteiger partial charge in [-0.25, -0.2) is 9.97 Å². The Labute approximate surface area is 168 Å². The van der Waals surface area contributed by atoms with Crippen LogP contribution in [0.1, 0.15) is 51.9 Å². The lowest BCUT2D eigenvalue weighted by atomic mass is 9.74. The molecule has 0 saturated carbocycles. The molecule has 1 aliphatic rings. The highest BCUT2D eigenvalue weighted by Gasteiger charge is 2.40. The summed E-state index contributed by atoms with van der Waals surface area (Å²) in [7, 11) is 0. The van der Waals surface area contributed by atoms with Gasteiger partial charge in [0, 0.05) is 36.7 Å². The number of fused-ring (bicyclic) bond motifs is 3. The van der Waals surface area contributed by atoms with Gasteiger partial charge in [0.1, 0.15) is 5.82 Å². The van der Waals surface area contributed by atoms with Crippen molar-refractivity contribution >= 4 is 28.2 Å². The minimum atomic E-state index is -0.159. The predicted octanol–water partition coefficient (Wildman–Crippen LogP) is 4.02. The number of nitrogens with one attached hydrogen (secondary N) is 1. The van der Waals surface area contributed by atoms with Gasteiger partial charge in [0.15, 0.2) is 5.13 Å². The number of anilines is 2. The second kappa shape index (κ2) is 6.41. The summed E-state index contributed by atoms with van der Waals surface area (Å²) in [5.74, 6) is 0.376. The number of thiazole rings is 1. The predicted molar refractivity (Wildman–Crippen MR) is 112 cm³/mol. The molecule has 0 spiro atoms. The van der Waals surface area contributed by atoms with Crippen LogP contribution < -0.4 is 11.1 Å². The van der Waals surface area contributed by atoms with Crippen molar-refractivity contribution in [3.05, 3.63) is 29.6 Å². The van der Waals surface area contributed by atoms with Crippen molar-refractivity contribution in [2.24, 2.45) is 0 Å². The summed E-state index contributed by atoms with van der Waals surface area (Å²) in [6.45, 7) is 10.2. The third-order valence-electron chi connectivity index (χ3n) is 4.94. The first-order valence-corrected chi connectivity index (χ1v) is 10.1. The van der Waals surface area contributed by atoms with E-state index in [1.807, 2.05) is 6.07 Å². The van der Waals surface area contributed by atoms with Crippen LogP contribution in [0.2, 0.25) is 0 Å². The lowest BCUT2D eigenvalue weighted by molar-refractivity contribution is -0.114. The third kappa shape index (κ3) is 2.97. The van der Waals surface area contributed by atoms with E-state index in [4.69, 9.17) is 15.8 Å². The number of nitrogens with two attached hydrogens (primary N) is 1. The fraction of sp³-hybridized carbons (Fsp3) is 0.400. The molecule has 28 heavy (non-hydrogen) atoms. The van der Waals surface area contributed by atoms with Crippen LogP contribution in [-0.2, 0) is 16.6 Å². The topological polar surface area (TPSA) is 98.7 Å². The second-order valence-corrected chi connectivity index (χ2v) is 9.12. The Bertz CT molecular complexity index is 1060. The average Bonchev–Trinajstić information content (AvgIpc) is 3.16. The molecule has 0 unspecified atom stereocenters. The first kappa shape index (κ1) is 18.6. The highest BCUT2D eigenvalue weighted by atomic mass is 32.1. The van der Waals surface area contributed by atoms with E-state index in [0.29, 0.717) is 10.9 Å². The standard InChI is InChI=1S/C20H24N6OS/c1-10(2)26-17-15(16(25-26)12-6-7-14(21)22-9-12)20(4,5)8-13-18(17)28-19(24-13)23-11(3)27/h6-7,9-10H,8H2,1-5H3,(H2,21,22)(H,23,24,27). The molecule has 7 nitrogen and oxygen atoms in total. The van der Waals surface area contributed by atoms with E-state index in [-0.39, 0.29) is 17.4 Å². The minimum absolute atomic E-state index is 0.114. The molecule has 1 amide bonds. The number of aromatic nitrogens is 4. The van der Waals surface area contributed by atoms with Crippen LogP contribution in [-0.4, -0.2) is 25.7 Å². The van der Waals surface area contributed by atoms with Gasteiger partial charge >= 0.3 is 0 Å². The Morgan fingerprint density at radius 1 is 1.36 bits per heavy atom. The van der Waals surface area contributed by atoms with E-state index in [2.05, 4.69) is 42.7 Å². The average molecular weight is 397 g/mol. The molecule has 1 aliphatic carbocycles. The van der Waals surface area contributed by atoms with Gasteiger partial charge in [0.05, 0.1) is 22.0 Å². The van der Waals surface area contributed by atoms with Crippen molar-refractivity contribution in [1.29, 1.82) is 0 Å². The molecule has 146 valence electrons. The van der Waals surface area contributed by atoms with E-state index < -0.39 is 0 Å². The molecule has 0 bridgehead atoms. The van der Waals surface area contributed by atoms with Gasteiger partial charge < -0.3 is 11.1 Å². The zero-order valence-electron chi connectivity index (χ0n) is 16.7. The number of hydrogen-bond acceptors (Lipinski definition) is 6. The number of carbonyl (C=O) groups is 1. The van der Waals surface area contributed by atoms with Gasteiger partial charge in [-0.05, 0) is 31.4 Å². The zero-order chi connectivity index (χ0) is 20.2. The van der Waals surface area contributed by atoms with E-state index >= 15 is 0 Å². The Kier molecular flexibility index (Phi) is 4.26. The first-order chi connectivity index (χ1) is 13.2. The summed E-state index contributed by atoms with van der Waals surface area (Å²) in [5.41, 5.74) is 10.8. The maximum Gasteiger partial charge on any atom is 0.223 e. The third-order valence-corrected chi connectivity index (χ3v) is 5.96. The normalized spacial score (nSPS) is 14.6. The number of nitrogens with zero attached hydrogens (tertiary/aromatic N) is 4. The van der Waals surface area contributed by atoms with Crippen LogP contribution in [0.5, 0.6) is 0 Å². The van der Waals surface area contributed by atoms with Crippen molar-refractivity contribution in [2.45, 2.75) is 52.5 Å². The van der Waals surface area contributed by atoms with E-state index in [1.54, 1.807) is 12.3 Å². The van der Waals surface area contributed by atoms with Crippen LogP contribution in [0.4, 0.5) is 10.9 Å². The Morgan fingerprint density at radius 2 is 2.11 bits per heavy atom. The van der Waals surface area contributed by atoms with Gasteiger partial charge in [-0.1, -0.05) is 25.2 Å². The second-order valence-electron chi connectivity index (χ2n) is 8.12. The molecule has 3 heterocycles. The van der Waals surface area contributed by atoms with Gasteiger partial charge in [-0.3, -0.25) is 9.48 Å². The highest BCUT2D eigenvalue weighted by molar-refractivity contribution is 7.19. The SMILES string of the molecule is CC(=O)Nc1nc2c(s1)-c1c(c(-c3ccc(N)nc3)nn1C(C)C)C(C)(C)C2. The first-order valence-electron chi connectivity index (χ1n) is 9.30. The number of amides is 1. The monoisotopic (exact) mass is 396 g/mol. The van der Waals surface area contributed by atoms with E-state index in [9.17, 15) is 4.79 Å². The molecule has 3 aromatic rings. The molecule has 0 radical (unpaired) electrons. The van der Waals surface area contributed by atoms with Crippen LogP contribution in [0.15, 0.2) is 18.3 Å². The van der Waals surface area contributed by atoms with Gasteiger partial charge in [0.2, 0.25) is 5.91 Å². The van der Waals surface area contributed by atoms with Crippen molar-refractivity contribution < 1.29 is 4.79 Å². The molecular formula is C20H24N6OS. The summed E-state index contributed by atoms with van der Waals surface area (Å²) < 4.78 is 2.07. The van der Waals surface area contributed by atoms with Gasteiger partial charge in [-0.15, -0.1) is 0 Å². The molecule has 4 rings (SSSR count). The summed E-state index contributed by atoms with van der Waals surface area (Å²) in [5, 5.41) is 8.44. The summed E-state index contributed by atoms with van der Waals surface area (Å²) in [4.78, 5) is 21.5. The number of pyridine rings is 1. The Morgan fingerprint density at radius 3 is 2.71 bits per heavy atom. The van der Waals surface area contributed by atoms with Crippen molar-refractivity contribution in [2.75, 3.05) is 11.1 Å². The summed E-state index contributed by atoms with van der Waals surface area (Å²) in [6.07, 6.45) is 2.56. The van der Waals surface area contributed by atoms with Gasteiger partial charge in [0.25, 0.3) is 0 Å². The fourth-order valence-corrected chi connectivity index (χ4v) is 4.85. The number of hydrogen-bond donors (Lipinski definition) is 2. The van der Waals surface area contributed by atoms with Crippen LogP contribution in [0, 0.1) is 0 Å². The quantitative estimate of drug-likeness (QED) is 0.696. The summed E-state index contributed by atoms with van der Waals surface area (Å²) in [6, 6.07) is 3.95. The molecule has 0 saturated heterocycles. The highest BCUT2D eigenvalue weighted by Crippen LogP contribution is 2.50. The molecule has 0 aromatic carbocycles. The molecule has 0 aliphatic heterocycles. The molecule has 0 fully saturated rings. The van der Waals surface area contributed by atoms with Crippen molar-refractivity contribution in [3.63, 3.8) is 0 Å². The Balaban J connectivity index is 1.98. The van der Waals surface area contributed by atoms with Crippen molar-refractivity contribution in [1.82, 2.24) is 19.7 Å². The Hall–Kier alpha value is -2.74. The lowest BCUT2D eigenvalue weighted by Gasteiger charge is -2.30. The number of rotatable bonds is 3. The molecular weight excluding hydrogens is 372 g/mol. The molecule has 8 heteroatoms. The van der Waals surface area contributed by atoms with Gasteiger partial charge in [-0.2, -0.15) is 5.10 Å². The smallest absolute Gasteiger partial charge is 0.223 e. The molecule has 3 aromatic heterocycles. The largest absolute Gasteiger partial charge is 0.384 e. The maximum atomic E-state index is 11.5. The number of nitrogen functional groups attached to an aromatic ring is 1. The van der Waals surface area contributed by atoms with Crippen LogP contribution in [0.25, 0.3) is 21.8 Å². The fourth-order valence-electron chi connectivity index (χ4n) is 3.78. The van der Waals surface area contributed by atoms with Crippen molar-refractivity contribution in [3.8, 4) is 21.8 Å². The van der Waals surface area contributed by atoms with E-state index in [1.165, 1.54) is 23.8 Å². The van der Waals surface area contributed by atoms with Crippen LogP contribution in [0.3, 0.4) is 0 Å². The number of carbonyl (C=O) groups excluding carboxylic acids is 1. The lowest BCUT2D eigenvalue weighted by Crippen LogP contribution is -2.26. The van der Waals surface area contributed by atoms with E-state index in [0.717, 1.165) is 33.9 Å². The maximum absolute atomic E-state index is 11.5. The zero-order valence-corrected chi connectivity index (χ0v) is 17.5. The summed E-state index contributed by atoms with van der Waals surface area (Å²) >= 11 is 1.51. The molecule has 0 atom stereocenters. The minimum Gasteiger partial charge on any atom is -0.384 e. The molecule has 3 N–H and O–H groups in total.